The number of aliphatic hydroxyl groups excluding tert-OH is 1. The summed E-state index contributed by atoms with van der Waals surface area (Å²) in [7, 11) is 2.02. The van der Waals surface area contributed by atoms with Gasteiger partial charge in [-0.3, -0.25) is 14.5 Å². The molecule has 0 radical (unpaired) electrons. The van der Waals surface area contributed by atoms with Crippen LogP contribution in [0.5, 0.6) is 0 Å². The second-order valence-corrected chi connectivity index (χ2v) is 12.3. The maximum Gasteiger partial charge on any atom is 0.251 e. The van der Waals surface area contributed by atoms with Crippen LogP contribution >= 0.6 is 0 Å². The standard InChI is InChI=1S/C36H48N6O3/c1-26(2)23-42(21-22-43)20-8-13-33(36(45)39-27(3)31-12-7-10-29-9-5-6-11-32(29)31)40-35(44)30-16-14-28(15-17-30)24-41(4)25-34-37-18-19-38-34/h5-7,9-12,14-19,26-27,33,43H,8,13,20-25H2,1-4H3,(H,37,38)(H,39,45)(H,40,44)/t27-,33-/m0/s1. The molecule has 4 N–H and O–H groups in total. The van der Waals surface area contributed by atoms with Crippen LogP contribution in [0.1, 0.15) is 67.0 Å². The fraction of sp³-hybridized carbons (Fsp3) is 0.417. The number of nitrogens with one attached hydrogen (secondary N) is 3. The number of aromatic nitrogens is 2. The Labute approximate surface area is 267 Å². The Hall–Kier alpha value is -4.05. The molecule has 1 aromatic heterocycles. The minimum Gasteiger partial charge on any atom is -0.395 e. The van der Waals surface area contributed by atoms with E-state index in [1.165, 1.54) is 0 Å². The summed E-state index contributed by atoms with van der Waals surface area (Å²) in [6.45, 7) is 9.95. The van der Waals surface area contributed by atoms with Crippen LogP contribution < -0.4 is 10.6 Å². The van der Waals surface area contributed by atoms with Crippen LogP contribution in [0.4, 0.5) is 0 Å². The van der Waals surface area contributed by atoms with Crippen molar-refractivity contribution in [2.75, 3.05) is 33.3 Å². The lowest BCUT2D eigenvalue weighted by Gasteiger charge is -2.26. The van der Waals surface area contributed by atoms with E-state index >= 15 is 0 Å². The molecular weight excluding hydrogens is 564 g/mol. The number of carbonyl (C=O) groups is 2. The number of H-pyrrole nitrogens is 1. The predicted molar refractivity (Wildman–Crippen MR) is 180 cm³/mol. The molecule has 0 saturated carbocycles. The fourth-order valence-corrected chi connectivity index (χ4v) is 5.77. The van der Waals surface area contributed by atoms with E-state index in [9.17, 15) is 14.7 Å². The normalized spacial score (nSPS) is 13.0. The SMILES string of the molecule is CC(C)CN(CCO)CCC[C@H](NC(=O)c1ccc(CN(C)Cc2ncc[nH]2)cc1)C(=O)N[C@@H](C)c1cccc2ccccc12. The van der Waals surface area contributed by atoms with Crippen LogP contribution in [-0.4, -0.2) is 76.0 Å². The van der Waals surface area contributed by atoms with Crippen molar-refractivity contribution in [1.82, 2.24) is 30.4 Å². The number of hydrogen-bond acceptors (Lipinski definition) is 6. The molecule has 0 saturated heterocycles. The van der Waals surface area contributed by atoms with E-state index in [-0.39, 0.29) is 24.5 Å². The van der Waals surface area contributed by atoms with Crippen molar-refractivity contribution < 1.29 is 14.7 Å². The van der Waals surface area contributed by atoms with Gasteiger partial charge in [0, 0.05) is 37.6 Å². The number of imidazole rings is 1. The van der Waals surface area contributed by atoms with Gasteiger partial charge in [0.1, 0.15) is 11.9 Å². The maximum absolute atomic E-state index is 13.7. The first-order valence-electron chi connectivity index (χ1n) is 15.9. The summed E-state index contributed by atoms with van der Waals surface area (Å²) in [4.78, 5) is 38.9. The smallest absolute Gasteiger partial charge is 0.251 e. The van der Waals surface area contributed by atoms with Crippen LogP contribution in [-0.2, 0) is 17.9 Å². The first kappa shape index (κ1) is 33.8. The number of nitrogens with zero attached hydrogens (tertiary/aromatic N) is 3. The quantitative estimate of drug-likeness (QED) is 0.135. The monoisotopic (exact) mass is 612 g/mol. The van der Waals surface area contributed by atoms with Gasteiger partial charge in [-0.15, -0.1) is 0 Å². The molecule has 9 heteroatoms. The highest BCUT2D eigenvalue weighted by atomic mass is 16.3. The Morgan fingerprint density at radius 1 is 0.933 bits per heavy atom. The highest BCUT2D eigenvalue weighted by Crippen LogP contribution is 2.24. The topological polar surface area (TPSA) is 114 Å². The maximum atomic E-state index is 13.7. The number of hydrogen-bond donors (Lipinski definition) is 4. The molecule has 45 heavy (non-hydrogen) atoms. The number of aromatic amines is 1. The minimum atomic E-state index is -0.705. The Balaban J connectivity index is 1.43. The van der Waals surface area contributed by atoms with Gasteiger partial charge >= 0.3 is 0 Å². The van der Waals surface area contributed by atoms with Crippen molar-refractivity contribution in [2.45, 2.75) is 58.8 Å². The summed E-state index contributed by atoms with van der Waals surface area (Å²) in [6.07, 6.45) is 4.74. The molecule has 0 aliphatic heterocycles. The first-order chi connectivity index (χ1) is 21.7. The van der Waals surface area contributed by atoms with Crippen molar-refractivity contribution in [2.24, 2.45) is 5.92 Å². The third kappa shape index (κ3) is 10.2. The van der Waals surface area contributed by atoms with Crippen molar-refractivity contribution in [3.8, 4) is 0 Å². The largest absolute Gasteiger partial charge is 0.395 e. The first-order valence-corrected chi connectivity index (χ1v) is 15.9. The highest BCUT2D eigenvalue weighted by molar-refractivity contribution is 5.97. The van der Waals surface area contributed by atoms with E-state index in [4.69, 9.17) is 0 Å². The van der Waals surface area contributed by atoms with Gasteiger partial charge in [-0.1, -0.05) is 68.4 Å². The van der Waals surface area contributed by atoms with Gasteiger partial charge < -0.3 is 25.6 Å². The van der Waals surface area contributed by atoms with Crippen molar-refractivity contribution in [3.05, 3.63) is 102 Å². The van der Waals surface area contributed by atoms with E-state index < -0.39 is 6.04 Å². The van der Waals surface area contributed by atoms with Crippen molar-refractivity contribution in [3.63, 3.8) is 0 Å². The van der Waals surface area contributed by atoms with E-state index in [1.807, 2.05) is 68.7 Å². The molecule has 0 spiro atoms. The fourth-order valence-electron chi connectivity index (χ4n) is 5.77. The number of amides is 2. The Morgan fingerprint density at radius 3 is 2.40 bits per heavy atom. The number of aliphatic hydroxyl groups is 1. The van der Waals surface area contributed by atoms with Crippen molar-refractivity contribution >= 4 is 22.6 Å². The molecule has 2 atom stereocenters. The molecule has 4 rings (SSSR count). The van der Waals surface area contributed by atoms with Gasteiger partial charge in [-0.05, 0) is 73.3 Å². The number of benzene rings is 3. The highest BCUT2D eigenvalue weighted by Gasteiger charge is 2.24. The van der Waals surface area contributed by atoms with Gasteiger partial charge in [0.2, 0.25) is 5.91 Å². The van der Waals surface area contributed by atoms with Gasteiger partial charge in [0.25, 0.3) is 5.91 Å². The summed E-state index contributed by atoms with van der Waals surface area (Å²) in [5.41, 5.74) is 2.62. The van der Waals surface area contributed by atoms with E-state index in [0.717, 1.165) is 40.8 Å². The molecule has 0 aliphatic rings. The Morgan fingerprint density at radius 2 is 1.69 bits per heavy atom. The van der Waals surface area contributed by atoms with E-state index in [0.29, 0.717) is 44.0 Å². The minimum absolute atomic E-state index is 0.0878. The molecule has 1 heterocycles. The molecule has 0 fully saturated rings. The molecule has 4 aromatic rings. The third-order valence-corrected chi connectivity index (χ3v) is 7.92. The molecule has 3 aromatic carbocycles. The summed E-state index contributed by atoms with van der Waals surface area (Å²) in [5.74, 6) is 0.872. The van der Waals surface area contributed by atoms with E-state index in [2.05, 4.69) is 62.4 Å². The molecule has 0 aliphatic carbocycles. The van der Waals surface area contributed by atoms with Crippen LogP contribution in [0.15, 0.2) is 79.1 Å². The van der Waals surface area contributed by atoms with Crippen LogP contribution in [0.25, 0.3) is 10.8 Å². The van der Waals surface area contributed by atoms with Crippen LogP contribution in [0.3, 0.4) is 0 Å². The van der Waals surface area contributed by atoms with Gasteiger partial charge in [-0.2, -0.15) is 0 Å². The van der Waals surface area contributed by atoms with Crippen LogP contribution in [0.2, 0.25) is 0 Å². The summed E-state index contributed by atoms with van der Waals surface area (Å²) < 4.78 is 0. The molecule has 0 bridgehead atoms. The zero-order valence-electron chi connectivity index (χ0n) is 27.0. The van der Waals surface area contributed by atoms with Gasteiger partial charge in [0.05, 0.1) is 19.2 Å². The number of carbonyl (C=O) groups excluding carboxylic acids is 2. The Kier molecular flexibility index (Phi) is 12.7. The van der Waals surface area contributed by atoms with Gasteiger partial charge in [0.15, 0.2) is 0 Å². The lowest BCUT2D eigenvalue weighted by Crippen LogP contribution is -2.47. The lowest BCUT2D eigenvalue weighted by atomic mass is 9.99. The molecular formula is C36H48N6O3. The zero-order valence-corrected chi connectivity index (χ0v) is 27.0. The van der Waals surface area contributed by atoms with Gasteiger partial charge in [-0.25, -0.2) is 4.98 Å². The van der Waals surface area contributed by atoms with Crippen LogP contribution in [0, 0.1) is 5.92 Å². The average molecular weight is 613 g/mol. The molecule has 2 amide bonds. The molecule has 240 valence electrons. The average Bonchev–Trinajstić information content (AvgIpc) is 3.53. The number of rotatable bonds is 17. The predicted octanol–water partition coefficient (Wildman–Crippen LogP) is 4.90. The molecule has 0 unspecified atom stereocenters. The van der Waals surface area contributed by atoms with E-state index in [1.54, 1.807) is 6.20 Å². The summed E-state index contributed by atoms with van der Waals surface area (Å²) >= 11 is 0. The zero-order chi connectivity index (χ0) is 32.2. The summed E-state index contributed by atoms with van der Waals surface area (Å²) in [6, 6.07) is 20.8. The number of fused-ring (bicyclic) bond motifs is 1. The Bertz CT molecular complexity index is 1480. The van der Waals surface area contributed by atoms with Crippen molar-refractivity contribution in [1.29, 1.82) is 0 Å². The lowest BCUT2D eigenvalue weighted by molar-refractivity contribution is -0.123. The second-order valence-electron chi connectivity index (χ2n) is 12.3. The second kappa shape index (κ2) is 16.9. The summed E-state index contributed by atoms with van der Waals surface area (Å²) in [5, 5.41) is 17.9. The third-order valence-electron chi connectivity index (χ3n) is 7.92. The molecule has 9 nitrogen and oxygen atoms in total.